The minimum atomic E-state index is 0.196. The number of nitrogens with zero attached hydrogens (tertiary/aromatic N) is 3. The highest BCUT2D eigenvalue weighted by Gasteiger charge is 2.47. The second-order valence-corrected chi connectivity index (χ2v) is 4.59. The Bertz CT molecular complexity index is 473. The molecule has 4 rings (SSSR count). The predicted molar refractivity (Wildman–Crippen MR) is 60.2 cm³/mol. The summed E-state index contributed by atoms with van der Waals surface area (Å²) in [5.41, 5.74) is 1.97. The van der Waals surface area contributed by atoms with Gasteiger partial charge in [-0.15, -0.1) is 0 Å². The number of carbonyl (C=O) groups is 1. The van der Waals surface area contributed by atoms with Crippen molar-refractivity contribution in [3.8, 4) is 0 Å². The molecule has 3 aliphatic heterocycles. The van der Waals surface area contributed by atoms with E-state index in [-0.39, 0.29) is 12.2 Å². The fourth-order valence-electron chi connectivity index (χ4n) is 3.12. The minimum absolute atomic E-state index is 0.196. The second kappa shape index (κ2) is 2.77. The molecule has 0 spiro atoms. The quantitative estimate of drug-likeness (QED) is 0.632. The van der Waals surface area contributed by atoms with Crippen LogP contribution in [0.1, 0.15) is 10.4 Å². The van der Waals surface area contributed by atoms with Gasteiger partial charge in [0.25, 0.3) is 5.91 Å². The van der Waals surface area contributed by atoms with Crippen LogP contribution in [0.3, 0.4) is 0 Å². The fraction of sp³-hybridized carbons (Fsp3) is 0.417. The van der Waals surface area contributed by atoms with E-state index in [9.17, 15) is 4.79 Å². The summed E-state index contributed by atoms with van der Waals surface area (Å²) in [5, 5.41) is 0. The molecule has 1 unspecified atom stereocenters. The van der Waals surface area contributed by atoms with Crippen LogP contribution in [-0.4, -0.2) is 48.2 Å². The van der Waals surface area contributed by atoms with Crippen molar-refractivity contribution < 1.29 is 4.79 Å². The van der Waals surface area contributed by atoms with Gasteiger partial charge in [0.05, 0.1) is 11.3 Å². The summed E-state index contributed by atoms with van der Waals surface area (Å²) >= 11 is 0. The average molecular weight is 215 g/mol. The molecule has 2 saturated heterocycles. The first-order valence-corrected chi connectivity index (χ1v) is 5.77. The summed E-state index contributed by atoms with van der Waals surface area (Å²) in [6.07, 6.45) is 0.197. The summed E-state index contributed by atoms with van der Waals surface area (Å²) in [7, 11) is 0. The molecule has 0 aromatic heterocycles. The number of carbonyl (C=O) groups excluding carboxylic acids is 1. The summed E-state index contributed by atoms with van der Waals surface area (Å²) in [4.78, 5) is 19.0. The van der Waals surface area contributed by atoms with Crippen molar-refractivity contribution in [2.75, 3.05) is 31.1 Å². The lowest BCUT2D eigenvalue weighted by Crippen LogP contribution is -2.52. The van der Waals surface area contributed by atoms with Crippen LogP contribution in [0.15, 0.2) is 24.3 Å². The van der Waals surface area contributed by atoms with Gasteiger partial charge in [-0.1, -0.05) is 12.1 Å². The van der Waals surface area contributed by atoms with Crippen LogP contribution >= 0.6 is 0 Å². The highest BCUT2D eigenvalue weighted by Crippen LogP contribution is 2.37. The van der Waals surface area contributed by atoms with E-state index in [2.05, 4.69) is 15.9 Å². The molecule has 0 radical (unpaired) electrons. The molecule has 1 aromatic carbocycles. The predicted octanol–water partition coefficient (Wildman–Crippen LogP) is 0.562. The number of rotatable bonds is 0. The van der Waals surface area contributed by atoms with Crippen molar-refractivity contribution in [2.45, 2.75) is 6.29 Å². The molecule has 0 bridgehead atoms. The third-order valence-corrected chi connectivity index (χ3v) is 3.85. The molecule has 1 amide bonds. The molecular formula is C12H13N3O. The SMILES string of the molecule is O=C1c2ccccc2N2CCN3CCN1C32. The number of amides is 1. The smallest absolute Gasteiger partial charge is 0.258 e. The first-order valence-electron chi connectivity index (χ1n) is 5.77. The lowest BCUT2D eigenvalue weighted by Gasteiger charge is -2.38. The summed E-state index contributed by atoms with van der Waals surface area (Å²) in [6.45, 7) is 3.99. The monoisotopic (exact) mass is 215 g/mol. The van der Waals surface area contributed by atoms with E-state index in [0.717, 1.165) is 37.4 Å². The highest BCUT2D eigenvalue weighted by atomic mass is 16.2. The summed E-state index contributed by atoms with van der Waals surface area (Å²) in [5.74, 6) is 0.196. The first kappa shape index (κ1) is 8.58. The average Bonchev–Trinajstić information content (AvgIpc) is 2.89. The van der Waals surface area contributed by atoms with Crippen LogP contribution in [-0.2, 0) is 0 Å². The maximum atomic E-state index is 12.3. The standard InChI is InChI=1S/C12H13N3O/c16-11-9-3-1-2-4-10(9)14-7-5-13-6-8-15(11)12(13)14/h1-4,12H,5-8H2. The Labute approximate surface area is 94.0 Å². The lowest BCUT2D eigenvalue weighted by molar-refractivity contribution is 0.0663. The molecule has 4 nitrogen and oxygen atoms in total. The van der Waals surface area contributed by atoms with E-state index in [1.54, 1.807) is 0 Å². The fourth-order valence-corrected chi connectivity index (χ4v) is 3.12. The van der Waals surface area contributed by atoms with Gasteiger partial charge in [0.2, 0.25) is 0 Å². The Kier molecular flexibility index (Phi) is 1.48. The van der Waals surface area contributed by atoms with Gasteiger partial charge in [0.1, 0.15) is 0 Å². The Morgan fingerprint density at radius 3 is 2.62 bits per heavy atom. The minimum Gasteiger partial charge on any atom is -0.337 e. The normalized spacial score (nSPS) is 27.2. The van der Waals surface area contributed by atoms with Gasteiger partial charge in [-0.05, 0) is 12.1 Å². The van der Waals surface area contributed by atoms with Crippen molar-refractivity contribution >= 4 is 11.6 Å². The van der Waals surface area contributed by atoms with Crippen LogP contribution in [0.5, 0.6) is 0 Å². The molecule has 1 atom stereocenters. The van der Waals surface area contributed by atoms with Crippen LogP contribution < -0.4 is 4.90 Å². The third-order valence-electron chi connectivity index (χ3n) is 3.85. The van der Waals surface area contributed by atoms with Gasteiger partial charge in [-0.25, -0.2) is 0 Å². The van der Waals surface area contributed by atoms with Gasteiger partial charge in [-0.3, -0.25) is 9.69 Å². The van der Waals surface area contributed by atoms with Crippen molar-refractivity contribution in [2.24, 2.45) is 0 Å². The number of anilines is 1. The van der Waals surface area contributed by atoms with Crippen molar-refractivity contribution in [3.05, 3.63) is 29.8 Å². The van der Waals surface area contributed by atoms with Crippen LogP contribution in [0.2, 0.25) is 0 Å². The number of fused-ring (bicyclic) bond motifs is 2. The van der Waals surface area contributed by atoms with Gasteiger partial charge in [0.15, 0.2) is 6.29 Å². The molecule has 82 valence electrons. The Morgan fingerprint density at radius 1 is 1.00 bits per heavy atom. The number of hydrogen-bond acceptors (Lipinski definition) is 3. The van der Waals surface area contributed by atoms with Crippen LogP contribution in [0.25, 0.3) is 0 Å². The van der Waals surface area contributed by atoms with Gasteiger partial charge in [0, 0.05) is 26.2 Å². The Hall–Kier alpha value is -1.55. The number of para-hydroxylation sites is 1. The Balaban J connectivity index is 1.93. The van der Waals surface area contributed by atoms with E-state index in [0.29, 0.717) is 0 Å². The Morgan fingerprint density at radius 2 is 1.75 bits per heavy atom. The molecule has 3 aliphatic rings. The van der Waals surface area contributed by atoms with Crippen molar-refractivity contribution in [3.63, 3.8) is 0 Å². The zero-order valence-electron chi connectivity index (χ0n) is 8.97. The molecule has 0 saturated carbocycles. The molecule has 1 aromatic rings. The largest absolute Gasteiger partial charge is 0.337 e. The molecule has 2 fully saturated rings. The highest BCUT2D eigenvalue weighted by molar-refractivity contribution is 6.02. The van der Waals surface area contributed by atoms with E-state index in [1.807, 2.05) is 23.1 Å². The van der Waals surface area contributed by atoms with E-state index in [4.69, 9.17) is 0 Å². The van der Waals surface area contributed by atoms with Gasteiger partial charge in [-0.2, -0.15) is 0 Å². The van der Waals surface area contributed by atoms with Crippen molar-refractivity contribution in [1.29, 1.82) is 0 Å². The third kappa shape index (κ3) is 0.865. The maximum absolute atomic E-state index is 12.3. The molecule has 16 heavy (non-hydrogen) atoms. The van der Waals surface area contributed by atoms with E-state index >= 15 is 0 Å². The van der Waals surface area contributed by atoms with Crippen molar-refractivity contribution in [1.82, 2.24) is 9.80 Å². The van der Waals surface area contributed by atoms with Gasteiger partial charge >= 0.3 is 0 Å². The second-order valence-electron chi connectivity index (χ2n) is 4.59. The lowest BCUT2D eigenvalue weighted by atomic mass is 10.1. The molecular weight excluding hydrogens is 202 g/mol. The topological polar surface area (TPSA) is 26.8 Å². The summed E-state index contributed by atoms with van der Waals surface area (Å²) in [6, 6.07) is 7.96. The number of benzene rings is 1. The first-order chi connectivity index (χ1) is 7.86. The van der Waals surface area contributed by atoms with E-state index < -0.39 is 0 Å². The zero-order valence-corrected chi connectivity index (χ0v) is 8.97. The molecule has 4 heteroatoms. The van der Waals surface area contributed by atoms with Crippen LogP contribution in [0.4, 0.5) is 5.69 Å². The maximum Gasteiger partial charge on any atom is 0.258 e. The van der Waals surface area contributed by atoms with Gasteiger partial charge < -0.3 is 9.80 Å². The zero-order chi connectivity index (χ0) is 10.7. The van der Waals surface area contributed by atoms with E-state index in [1.165, 1.54) is 0 Å². The molecule has 3 heterocycles. The number of hydrogen-bond donors (Lipinski definition) is 0. The molecule has 0 N–H and O–H groups in total. The van der Waals surface area contributed by atoms with Crippen LogP contribution in [0, 0.1) is 0 Å². The summed E-state index contributed by atoms with van der Waals surface area (Å²) < 4.78 is 0. The molecule has 0 aliphatic carbocycles.